The van der Waals surface area contributed by atoms with Gasteiger partial charge in [0.25, 0.3) is 6.29 Å². The number of methoxy groups -OCH3 is 1. The summed E-state index contributed by atoms with van der Waals surface area (Å²) in [6.45, 7) is 0. The lowest BCUT2D eigenvalue weighted by atomic mass is 10.0. The van der Waals surface area contributed by atoms with Gasteiger partial charge in [0, 0.05) is 11.6 Å². The van der Waals surface area contributed by atoms with E-state index in [9.17, 15) is 0 Å². The average molecular weight is 190 g/mol. The first-order chi connectivity index (χ1) is 6.88. The van der Waals surface area contributed by atoms with Gasteiger partial charge in [0.2, 0.25) is 0 Å². The molecular weight excluding hydrogens is 180 g/mol. The van der Waals surface area contributed by atoms with E-state index < -0.39 is 0 Å². The normalized spacial score (nSPS) is 26.4. The van der Waals surface area contributed by atoms with E-state index in [4.69, 9.17) is 14.2 Å². The van der Waals surface area contributed by atoms with Gasteiger partial charge in [0.15, 0.2) is 0 Å². The first kappa shape index (κ1) is 7.74. The molecule has 2 aliphatic rings. The average Bonchev–Trinajstić information content (AvgIpc) is 2.75. The molecular formula is C11H10O3. The van der Waals surface area contributed by atoms with Gasteiger partial charge in [-0.2, -0.15) is 0 Å². The maximum atomic E-state index is 5.61. The molecule has 0 bridgehead atoms. The molecule has 0 saturated heterocycles. The molecule has 0 aliphatic carbocycles. The van der Waals surface area contributed by atoms with Crippen molar-refractivity contribution in [2.45, 2.75) is 12.2 Å². The molecule has 3 rings (SSSR count). The van der Waals surface area contributed by atoms with Crippen LogP contribution in [0.4, 0.5) is 0 Å². The molecule has 14 heavy (non-hydrogen) atoms. The van der Waals surface area contributed by atoms with E-state index in [1.54, 1.807) is 13.4 Å². The van der Waals surface area contributed by atoms with Crippen LogP contribution in [0.25, 0.3) is 0 Å². The summed E-state index contributed by atoms with van der Waals surface area (Å²) in [5.41, 5.74) is 1.17. The zero-order valence-electron chi connectivity index (χ0n) is 7.77. The van der Waals surface area contributed by atoms with E-state index in [2.05, 4.69) is 0 Å². The van der Waals surface area contributed by atoms with Crippen LogP contribution in [-0.4, -0.2) is 13.4 Å². The molecule has 2 unspecified atom stereocenters. The van der Waals surface area contributed by atoms with Gasteiger partial charge < -0.3 is 14.2 Å². The second-order valence-corrected chi connectivity index (χ2v) is 3.38. The summed E-state index contributed by atoms with van der Waals surface area (Å²) in [5.74, 6) is 1.92. The molecule has 0 spiro atoms. The molecule has 0 fully saturated rings. The fraction of sp³-hybridized carbons (Fsp3) is 0.273. The molecule has 3 nitrogen and oxygen atoms in total. The maximum Gasteiger partial charge on any atom is 0.250 e. The Morgan fingerprint density at radius 1 is 1.36 bits per heavy atom. The Hall–Kier alpha value is -1.64. The topological polar surface area (TPSA) is 27.7 Å². The second kappa shape index (κ2) is 2.67. The molecule has 2 heterocycles. The van der Waals surface area contributed by atoms with Gasteiger partial charge >= 0.3 is 0 Å². The second-order valence-electron chi connectivity index (χ2n) is 3.38. The number of ether oxygens (including phenoxy) is 3. The molecule has 1 aromatic carbocycles. The molecule has 72 valence electrons. The van der Waals surface area contributed by atoms with Gasteiger partial charge in [-0.25, -0.2) is 0 Å². The molecule has 1 aromatic rings. The zero-order chi connectivity index (χ0) is 9.54. The summed E-state index contributed by atoms with van der Waals surface area (Å²) >= 11 is 0. The Kier molecular flexibility index (Phi) is 1.48. The third kappa shape index (κ3) is 0.923. The predicted octanol–water partition coefficient (Wildman–Crippen LogP) is 2.04. The summed E-state index contributed by atoms with van der Waals surface area (Å²) in [6.07, 6.45) is 3.54. The van der Waals surface area contributed by atoms with Crippen LogP contribution in [0.15, 0.2) is 30.5 Å². The first-order valence-electron chi connectivity index (χ1n) is 4.55. The predicted molar refractivity (Wildman–Crippen MR) is 50.4 cm³/mol. The van der Waals surface area contributed by atoms with Gasteiger partial charge in [-0.15, -0.1) is 0 Å². The van der Waals surface area contributed by atoms with E-state index in [1.165, 1.54) is 5.56 Å². The van der Waals surface area contributed by atoms with Crippen LogP contribution in [0.2, 0.25) is 0 Å². The van der Waals surface area contributed by atoms with Crippen molar-refractivity contribution in [2.24, 2.45) is 0 Å². The minimum Gasteiger partial charge on any atom is -0.497 e. The van der Waals surface area contributed by atoms with Crippen molar-refractivity contribution >= 4 is 0 Å². The van der Waals surface area contributed by atoms with E-state index in [-0.39, 0.29) is 12.2 Å². The van der Waals surface area contributed by atoms with Crippen molar-refractivity contribution < 1.29 is 14.2 Å². The van der Waals surface area contributed by atoms with Crippen LogP contribution < -0.4 is 9.47 Å². The number of hydrogen-bond donors (Lipinski definition) is 0. The minimum absolute atomic E-state index is 0.169. The van der Waals surface area contributed by atoms with Crippen LogP contribution in [0.5, 0.6) is 11.5 Å². The fourth-order valence-electron chi connectivity index (χ4n) is 1.88. The number of rotatable bonds is 1. The maximum absolute atomic E-state index is 5.61. The van der Waals surface area contributed by atoms with Crippen molar-refractivity contribution in [3.05, 3.63) is 36.1 Å². The van der Waals surface area contributed by atoms with Crippen molar-refractivity contribution in [3.63, 3.8) is 0 Å². The van der Waals surface area contributed by atoms with E-state index in [0.29, 0.717) is 0 Å². The van der Waals surface area contributed by atoms with Crippen LogP contribution in [-0.2, 0) is 4.74 Å². The summed E-state index contributed by atoms with van der Waals surface area (Å²) in [6, 6.07) is 5.86. The highest BCUT2D eigenvalue weighted by Crippen LogP contribution is 2.43. The first-order valence-corrected chi connectivity index (χ1v) is 4.55. The molecule has 0 N–H and O–H groups in total. The highest BCUT2D eigenvalue weighted by atomic mass is 16.7. The van der Waals surface area contributed by atoms with Gasteiger partial charge in [0.1, 0.15) is 11.5 Å². The van der Waals surface area contributed by atoms with Gasteiger partial charge in [-0.3, -0.25) is 0 Å². The molecule has 3 heteroatoms. The lowest BCUT2D eigenvalue weighted by Crippen LogP contribution is -2.14. The highest BCUT2D eigenvalue weighted by molar-refractivity contribution is 5.48. The summed E-state index contributed by atoms with van der Waals surface area (Å²) in [7, 11) is 1.65. The van der Waals surface area contributed by atoms with E-state index in [0.717, 1.165) is 11.5 Å². The monoisotopic (exact) mass is 190 g/mol. The van der Waals surface area contributed by atoms with Gasteiger partial charge in [-0.1, -0.05) is 6.07 Å². The van der Waals surface area contributed by atoms with Crippen LogP contribution in [0.3, 0.4) is 0 Å². The standard InChI is InChI=1S/C11H10O3/c1-12-7-2-3-8-9-4-5-13-11(9)14-10(8)6-7/h2-6,9,11H,1H3. The van der Waals surface area contributed by atoms with Crippen molar-refractivity contribution in [1.29, 1.82) is 0 Å². The molecule has 0 saturated carbocycles. The fourth-order valence-corrected chi connectivity index (χ4v) is 1.88. The molecule has 0 aromatic heterocycles. The Labute approximate surface area is 81.9 Å². The number of hydrogen-bond acceptors (Lipinski definition) is 3. The molecule has 0 radical (unpaired) electrons. The SMILES string of the molecule is COc1ccc2c(c1)OC1OC=CC21. The van der Waals surface area contributed by atoms with E-state index >= 15 is 0 Å². The number of fused-ring (bicyclic) bond motifs is 3. The molecule has 0 amide bonds. The summed E-state index contributed by atoms with van der Waals surface area (Å²) < 4.78 is 16.0. The third-order valence-electron chi connectivity index (χ3n) is 2.61. The third-order valence-corrected chi connectivity index (χ3v) is 2.61. The van der Waals surface area contributed by atoms with E-state index in [1.807, 2.05) is 24.3 Å². The Morgan fingerprint density at radius 2 is 2.29 bits per heavy atom. The lowest BCUT2D eigenvalue weighted by molar-refractivity contribution is -0.00485. The van der Waals surface area contributed by atoms with Crippen LogP contribution in [0, 0.1) is 0 Å². The minimum atomic E-state index is -0.169. The van der Waals surface area contributed by atoms with Crippen molar-refractivity contribution in [2.75, 3.05) is 7.11 Å². The Morgan fingerprint density at radius 3 is 3.14 bits per heavy atom. The molecule has 2 atom stereocenters. The van der Waals surface area contributed by atoms with Crippen LogP contribution in [0.1, 0.15) is 11.5 Å². The van der Waals surface area contributed by atoms with Crippen molar-refractivity contribution in [3.8, 4) is 11.5 Å². The largest absolute Gasteiger partial charge is 0.497 e. The van der Waals surface area contributed by atoms with Gasteiger partial charge in [-0.05, 0) is 12.1 Å². The lowest BCUT2D eigenvalue weighted by Gasteiger charge is -2.07. The highest BCUT2D eigenvalue weighted by Gasteiger charge is 2.36. The summed E-state index contributed by atoms with van der Waals surface area (Å²) in [4.78, 5) is 0. The number of benzene rings is 1. The quantitative estimate of drug-likeness (QED) is 0.678. The van der Waals surface area contributed by atoms with Gasteiger partial charge in [0.05, 0.1) is 19.3 Å². The zero-order valence-corrected chi connectivity index (χ0v) is 7.77. The van der Waals surface area contributed by atoms with Crippen molar-refractivity contribution in [1.82, 2.24) is 0 Å². The Bertz CT molecular complexity index is 398. The Balaban J connectivity index is 2.05. The smallest absolute Gasteiger partial charge is 0.250 e. The summed E-state index contributed by atoms with van der Waals surface area (Å²) in [5, 5.41) is 0. The van der Waals surface area contributed by atoms with Crippen LogP contribution >= 0.6 is 0 Å². The molecule has 2 aliphatic heterocycles.